The van der Waals surface area contributed by atoms with E-state index in [-0.39, 0.29) is 17.4 Å². The van der Waals surface area contributed by atoms with Crippen molar-refractivity contribution >= 4 is 23.6 Å². The summed E-state index contributed by atoms with van der Waals surface area (Å²) < 4.78 is 0. The van der Waals surface area contributed by atoms with E-state index in [1.165, 1.54) is 50.3 Å². The van der Waals surface area contributed by atoms with E-state index in [4.69, 9.17) is 0 Å². The number of nitrogens with zero attached hydrogens (tertiary/aromatic N) is 1. The predicted octanol–water partition coefficient (Wildman–Crippen LogP) is 3.55. The van der Waals surface area contributed by atoms with Crippen LogP contribution in [0.25, 0.3) is 0 Å². The van der Waals surface area contributed by atoms with E-state index in [1.54, 1.807) is 0 Å². The zero-order valence-electron chi connectivity index (χ0n) is 18.3. The summed E-state index contributed by atoms with van der Waals surface area (Å²) in [5, 5.41) is 6.44. The monoisotopic (exact) mass is 429 g/mol. The Morgan fingerprint density at radius 2 is 1.70 bits per heavy atom. The van der Waals surface area contributed by atoms with Crippen molar-refractivity contribution < 1.29 is 9.59 Å². The Balaban J connectivity index is 1.30. The summed E-state index contributed by atoms with van der Waals surface area (Å²) in [6.45, 7) is 1.60. The van der Waals surface area contributed by atoms with Crippen LogP contribution in [0.15, 0.2) is 29.2 Å². The molecular formula is C24H35N3O2S. The van der Waals surface area contributed by atoms with Crippen LogP contribution in [0.4, 0.5) is 0 Å². The number of nitrogens with one attached hydrogen (secondary N) is 2. The van der Waals surface area contributed by atoms with Gasteiger partial charge >= 0.3 is 0 Å². The molecule has 2 N–H and O–H groups in total. The molecule has 4 aliphatic carbocycles. The van der Waals surface area contributed by atoms with Gasteiger partial charge in [-0.15, -0.1) is 11.8 Å². The van der Waals surface area contributed by atoms with Crippen LogP contribution in [0.5, 0.6) is 0 Å². The lowest BCUT2D eigenvalue weighted by atomic mass is 9.53. The molecule has 2 amide bonds. The maximum atomic E-state index is 12.8. The fourth-order valence-corrected chi connectivity index (χ4v) is 7.06. The third-order valence-corrected chi connectivity index (χ3v) is 8.07. The second-order valence-electron chi connectivity index (χ2n) is 9.94. The fourth-order valence-electron chi connectivity index (χ4n) is 6.21. The van der Waals surface area contributed by atoms with Crippen molar-refractivity contribution in [1.82, 2.24) is 15.5 Å². The van der Waals surface area contributed by atoms with Crippen molar-refractivity contribution in [2.24, 2.45) is 17.8 Å². The van der Waals surface area contributed by atoms with Gasteiger partial charge in [0.05, 0.1) is 11.3 Å². The normalized spacial score (nSPS) is 29.2. The number of carbonyl (C=O) groups excluding carboxylic acids is 2. The van der Waals surface area contributed by atoms with Gasteiger partial charge in [-0.3, -0.25) is 9.59 Å². The van der Waals surface area contributed by atoms with Crippen molar-refractivity contribution in [3.8, 4) is 0 Å². The summed E-state index contributed by atoms with van der Waals surface area (Å²) >= 11 is 1.48. The molecule has 6 heteroatoms. The minimum Gasteiger partial charge on any atom is -0.352 e. The molecule has 0 unspecified atom stereocenters. The van der Waals surface area contributed by atoms with E-state index in [9.17, 15) is 9.59 Å². The number of hydrogen-bond donors (Lipinski definition) is 2. The average Bonchev–Trinajstić information content (AvgIpc) is 2.68. The van der Waals surface area contributed by atoms with Gasteiger partial charge in [-0.25, -0.2) is 0 Å². The molecule has 0 heterocycles. The van der Waals surface area contributed by atoms with E-state index in [2.05, 4.69) is 15.5 Å². The summed E-state index contributed by atoms with van der Waals surface area (Å²) in [6.07, 6.45) is 8.55. The van der Waals surface area contributed by atoms with Crippen LogP contribution < -0.4 is 10.6 Å². The Labute approximate surface area is 184 Å². The molecule has 4 aliphatic rings. The largest absolute Gasteiger partial charge is 0.352 e. The molecule has 164 valence electrons. The lowest BCUT2D eigenvalue weighted by molar-refractivity contribution is -0.124. The zero-order valence-corrected chi connectivity index (χ0v) is 19.1. The van der Waals surface area contributed by atoms with Crippen molar-refractivity contribution in [3.63, 3.8) is 0 Å². The molecule has 4 saturated carbocycles. The first-order chi connectivity index (χ1) is 14.4. The van der Waals surface area contributed by atoms with Gasteiger partial charge in [0.1, 0.15) is 0 Å². The van der Waals surface area contributed by atoms with Gasteiger partial charge in [0.2, 0.25) is 5.91 Å². The Morgan fingerprint density at radius 3 is 2.33 bits per heavy atom. The van der Waals surface area contributed by atoms with Crippen LogP contribution in [0, 0.1) is 17.8 Å². The first-order valence-electron chi connectivity index (χ1n) is 11.4. The topological polar surface area (TPSA) is 61.4 Å². The van der Waals surface area contributed by atoms with Gasteiger partial charge in [-0.2, -0.15) is 0 Å². The van der Waals surface area contributed by atoms with Crippen molar-refractivity contribution in [3.05, 3.63) is 29.8 Å². The van der Waals surface area contributed by atoms with Gasteiger partial charge in [0.25, 0.3) is 5.91 Å². The molecule has 5 nitrogen and oxygen atoms in total. The molecule has 0 spiro atoms. The Kier molecular flexibility index (Phi) is 6.73. The second-order valence-corrected chi connectivity index (χ2v) is 11.0. The van der Waals surface area contributed by atoms with E-state index >= 15 is 0 Å². The second kappa shape index (κ2) is 9.31. The SMILES string of the molecule is CN(C)CCCNC(=O)c1ccccc1SCC(=O)NC12CC3CC(CC(C3)C1)C2. The van der Waals surface area contributed by atoms with Gasteiger partial charge in [-0.1, -0.05) is 12.1 Å². The molecule has 0 atom stereocenters. The number of rotatable bonds is 9. The highest BCUT2D eigenvalue weighted by Crippen LogP contribution is 2.55. The molecule has 5 rings (SSSR count). The Hall–Kier alpha value is -1.53. The molecule has 0 aliphatic heterocycles. The summed E-state index contributed by atoms with van der Waals surface area (Å²) in [4.78, 5) is 28.4. The molecule has 1 aromatic carbocycles. The maximum Gasteiger partial charge on any atom is 0.252 e. The molecule has 0 radical (unpaired) electrons. The van der Waals surface area contributed by atoms with Gasteiger partial charge in [-0.05, 0) is 95.5 Å². The van der Waals surface area contributed by atoms with Crippen LogP contribution in [0.3, 0.4) is 0 Å². The molecule has 4 bridgehead atoms. The summed E-state index contributed by atoms with van der Waals surface area (Å²) in [5.41, 5.74) is 0.713. The fraction of sp³-hybridized carbons (Fsp3) is 0.667. The highest BCUT2D eigenvalue weighted by Gasteiger charge is 2.51. The van der Waals surface area contributed by atoms with E-state index in [0.29, 0.717) is 17.9 Å². The summed E-state index contributed by atoms with van der Waals surface area (Å²) in [7, 11) is 4.06. The summed E-state index contributed by atoms with van der Waals surface area (Å²) in [6, 6.07) is 7.61. The van der Waals surface area contributed by atoms with E-state index in [0.717, 1.165) is 35.6 Å². The van der Waals surface area contributed by atoms with Crippen LogP contribution in [-0.4, -0.2) is 55.2 Å². The Bertz CT molecular complexity index is 744. The zero-order chi connectivity index (χ0) is 21.1. The lowest BCUT2D eigenvalue weighted by Crippen LogP contribution is -2.60. The van der Waals surface area contributed by atoms with E-state index in [1.807, 2.05) is 38.4 Å². The van der Waals surface area contributed by atoms with Crippen LogP contribution in [0.1, 0.15) is 55.3 Å². The predicted molar refractivity (Wildman–Crippen MR) is 122 cm³/mol. The van der Waals surface area contributed by atoms with Crippen molar-refractivity contribution in [1.29, 1.82) is 0 Å². The van der Waals surface area contributed by atoms with Crippen LogP contribution in [-0.2, 0) is 4.79 Å². The smallest absolute Gasteiger partial charge is 0.252 e. The summed E-state index contributed by atoms with van der Waals surface area (Å²) in [5.74, 6) is 2.89. The average molecular weight is 430 g/mol. The van der Waals surface area contributed by atoms with E-state index < -0.39 is 0 Å². The van der Waals surface area contributed by atoms with Crippen molar-refractivity contribution in [2.75, 3.05) is 32.9 Å². The van der Waals surface area contributed by atoms with Crippen LogP contribution in [0.2, 0.25) is 0 Å². The minimum atomic E-state index is -0.0571. The number of hydrogen-bond acceptors (Lipinski definition) is 4. The molecule has 30 heavy (non-hydrogen) atoms. The van der Waals surface area contributed by atoms with Crippen molar-refractivity contribution in [2.45, 2.75) is 55.4 Å². The van der Waals surface area contributed by atoms with Gasteiger partial charge < -0.3 is 15.5 Å². The highest BCUT2D eigenvalue weighted by molar-refractivity contribution is 8.00. The van der Waals surface area contributed by atoms with Gasteiger partial charge in [0.15, 0.2) is 0 Å². The number of thioether (sulfide) groups is 1. The minimum absolute atomic E-state index is 0.0513. The molecular weight excluding hydrogens is 394 g/mol. The molecule has 4 fully saturated rings. The molecule has 0 saturated heterocycles. The quantitative estimate of drug-likeness (QED) is 0.466. The number of benzene rings is 1. The molecule has 0 aromatic heterocycles. The van der Waals surface area contributed by atoms with Crippen LogP contribution >= 0.6 is 11.8 Å². The first-order valence-corrected chi connectivity index (χ1v) is 12.4. The first kappa shape index (κ1) is 21.7. The lowest BCUT2D eigenvalue weighted by Gasteiger charge is -2.56. The van der Waals surface area contributed by atoms with Gasteiger partial charge in [0, 0.05) is 17.0 Å². The number of amides is 2. The maximum absolute atomic E-state index is 12.8. The molecule has 1 aromatic rings. The number of carbonyl (C=O) groups is 2. The Morgan fingerprint density at radius 1 is 1.07 bits per heavy atom. The third kappa shape index (κ3) is 5.20. The highest BCUT2D eigenvalue weighted by atomic mass is 32.2. The third-order valence-electron chi connectivity index (χ3n) is 7.00. The standard InChI is InChI=1S/C24H35N3O2S/c1-27(2)9-5-8-25-23(29)20-6-3-4-7-21(20)30-16-22(28)26-24-13-17-10-18(14-24)12-19(11-17)15-24/h3-4,6-7,17-19H,5,8-16H2,1-2H3,(H,25,29)(H,26,28).